The third-order valence-corrected chi connectivity index (χ3v) is 3.75. The Morgan fingerprint density at radius 3 is 2.38 bits per heavy atom. The first-order valence-electron chi connectivity index (χ1n) is 7.34. The SMILES string of the molecule is O=C(O)c1ccc(Cc2ccccc2-c2ccc(F)cc2)[nH]c1=O. The first-order chi connectivity index (χ1) is 11.5. The summed E-state index contributed by atoms with van der Waals surface area (Å²) in [6.45, 7) is 0. The number of halogens is 1. The predicted octanol–water partition coefficient (Wildman–Crippen LogP) is 3.47. The average molecular weight is 323 g/mol. The standard InChI is InChI=1S/C19H14FNO3/c20-14-7-5-12(6-8-14)16-4-2-1-3-13(16)11-15-9-10-17(19(23)24)18(22)21-15/h1-10H,11H2,(H,21,22)(H,23,24). The smallest absolute Gasteiger partial charge is 0.341 e. The van der Waals surface area contributed by atoms with Crippen molar-refractivity contribution in [1.29, 1.82) is 0 Å². The summed E-state index contributed by atoms with van der Waals surface area (Å²) in [5.74, 6) is -1.56. The third kappa shape index (κ3) is 3.25. The number of carboxylic acids is 1. The highest BCUT2D eigenvalue weighted by Crippen LogP contribution is 2.25. The molecule has 0 fully saturated rings. The first-order valence-corrected chi connectivity index (χ1v) is 7.34. The van der Waals surface area contributed by atoms with Gasteiger partial charge in [-0.1, -0.05) is 36.4 Å². The van der Waals surface area contributed by atoms with Crippen molar-refractivity contribution in [2.45, 2.75) is 6.42 Å². The molecule has 0 atom stereocenters. The molecule has 3 aromatic rings. The fourth-order valence-corrected chi connectivity index (χ4v) is 2.58. The number of carboxylic acid groups (broad SMARTS) is 1. The van der Waals surface area contributed by atoms with Crippen LogP contribution < -0.4 is 5.56 Å². The van der Waals surface area contributed by atoms with Crippen molar-refractivity contribution in [1.82, 2.24) is 4.98 Å². The molecule has 1 aromatic heterocycles. The van der Waals surface area contributed by atoms with E-state index < -0.39 is 11.5 Å². The Balaban J connectivity index is 1.97. The summed E-state index contributed by atoms with van der Waals surface area (Å²) in [4.78, 5) is 25.3. The van der Waals surface area contributed by atoms with E-state index in [-0.39, 0.29) is 11.4 Å². The summed E-state index contributed by atoms with van der Waals surface area (Å²) in [5, 5.41) is 8.91. The summed E-state index contributed by atoms with van der Waals surface area (Å²) in [5.41, 5.74) is 2.45. The second-order valence-electron chi connectivity index (χ2n) is 5.37. The van der Waals surface area contributed by atoms with Gasteiger partial charge in [-0.25, -0.2) is 9.18 Å². The van der Waals surface area contributed by atoms with Crippen LogP contribution in [0.1, 0.15) is 21.6 Å². The lowest BCUT2D eigenvalue weighted by atomic mass is 9.96. The van der Waals surface area contributed by atoms with Gasteiger partial charge in [0.1, 0.15) is 11.4 Å². The molecule has 2 aromatic carbocycles. The number of rotatable bonds is 4. The Hall–Kier alpha value is -3.21. The molecule has 0 aliphatic heterocycles. The van der Waals surface area contributed by atoms with Crippen molar-refractivity contribution in [2.24, 2.45) is 0 Å². The molecular weight excluding hydrogens is 309 g/mol. The molecule has 120 valence electrons. The van der Waals surface area contributed by atoms with Crippen LogP contribution >= 0.6 is 0 Å². The molecule has 0 aliphatic rings. The normalized spacial score (nSPS) is 10.5. The number of H-pyrrole nitrogens is 1. The molecule has 0 radical (unpaired) electrons. The molecule has 24 heavy (non-hydrogen) atoms. The van der Waals surface area contributed by atoms with Crippen molar-refractivity contribution in [3.05, 3.63) is 93.7 Å². The fraction of sp³-hybridized carbons (Fsp3) is 0.0526. The molecule has 0 amide bonds. The zero-order valence-corrected chi connectivity index (χ0v) is 12.6. The van der Waals surface area contributed by atoms with E-state index in [4.69, 9.17) is 5.11 Å². The highest BCUT2D eigenvalue weighted by molar-refractivity contribution is 5.87. The van der Waals surface area contributed by atoms with Crippen LogP contribution in [0.5, 0.6) is 0 Å². The minimum Gasteiger partial charge on any atom is -0.477 e. The summed E-state index contributed by atoms with van der Waals surface area (Å²) >= 11 is 0. The number of hydrogen-bond acceptors (Lipinski definition) is 2. The lowest BCUT2D eigenvalue weighted by Gasteiger charge is -2.10. The summed E-state index contributed by atoms with van der Waals surface area (Å²) in [6.07, 6.45) is 0.433. The molecule has 1 heterocycles. The quantitative estimate of drug-likeness (QED) is 0.772. The minimum absolute atomic E-state index is 0.287. The molecule has 2 N–H and O–H groups in total. The van der Waals surface area contributed by atoms with Gasteiger partial charge in [0.25, 0.3) is 5.56 Å². The van der Waals surface area contributed by atoms with E-state index >= 15 is 0 Å². The summed E-state index contributed by atoms with van der Waals surface area (Å²) in [7, 11) is 0. The maximum absolute atomic E-state index is 13.1. The van der Waals surface area contributed by atoms with Crippen molar-refractivity contribution >= 4 is 5.97 Å². The summed E-state index contributed by atoms with van der Waals surface area (Å²) in [6, 6.07) is 16.7. The topological polar surface area (TPSA) is 70.2 Å². The lowest BCUT2D eigenvalue weighted by Crippen LogP contribution is -2.18. The molecule has 0 unspecified atom stereocenters. The van der Waals surface area contributed by atoms with Crippen LogP contribution in [-0.2, 0) is 6.42 Å². The van der Waals surface area contributed by atoms with Crippen LogP contribution in [0.2, 0.25) is 0 Å². The summed E-state index contributed by atoms with van der Waals surface area (Å²) < 4.78 is 13.1. The van der Waals surface area contributed by atoms with Gasteiger partial charge in [0.2, 0.25) is 0 Å². The molecule has 0 spiro atoms. The van der Waals surface area contributed by atoms with Crippen LogP contribution in [0, 0.1) is 5.82 Å². The first kappa shape index (κ1) is 15.7. The zero-order chi connectivity index (χ0) is 17.1. The molecule has 3 rings (SSSR count). The van der Waals surface area contributed by atoms with Crippen molar-refractivity contribution in [2.75, 3.05) is 0 Å². The van der Waals surface area contributed by atoms with Crippen LogP contribution in [0.3, 0.4) is 0 Å². The van der Waals surface area contributed by atoms with Crippen LogP contribution in [-0.4, -0.2) is 16.1 Å². The Morgan fingerprint density at radius 1 is 1.00 bits per heavy atom. The Bertz CT molecular complexity index is 945. The number of nitrogens with one attached hydrogen (secondary N) is 1. The maximum Gasteiger partial charge on any atom is 0.341 e. The number of aromatic nitrogens is 1. The fourth-order valence-electron chi connectivity index (χ4n) is 2.58. The van der Waals surface area contributed by atoms with E-state index in [9.17, 15) is 14.0 Å². The number of hydrogen-bond donors (Lipinski definition) is 2. The molecule has 4 nitrogen and oxygen atoms in total. The molecule has 0 bridgehead atoms. The Morgan fingerprint density at radius 2 is 1.71 bits per heavy atom. The van der Waals surface area contributed by atoms with Gasteiger partial charge >= 0.3 is 5.97 Å². The van der Waals surface area contributed by atoms with E-state index in [1.807, 2.05) is 24.3 Å². The van der Waals surface area contributed by atoms with Gasteiger partial charge in [0.05, 0.1) is 0 Å². The van der Waals surface area contributed by atoms with E-state index in [1.54, 1.807) is 18.2 Å². The van der Waals surface area contributed by atoms with Gasteiger partial charge in [-0.05, 0) is 41.0 Å². The average Bonchev–Trinajstić information content (AvgIpc) is 2.56. The van der Waals surface area contributed by atoms with Crippen molar-refractivity contribution in [3.63, 3.8) is 0 Å². The lowest BCUT2D eigenvalue weighted by molar-refractivity contribution is 0.0695. The van der Waals surface area contributed by atoms with Crippen LogP contribution in [0.4, 0.5) is 4.39 Å². The van der Waals surface area contributed by atoms with Crippen molar-refractivity contribution < 1.29 is 14.3 Å². The maximum atomic E-state index is 13.1. The number of aromatic carboxylic acids is 1. The van der Waals surface area contributed by atoms with Crippen LogP contribution in [0.15, 0.2) is 65.5 Å². The highest BCUT2D eigenvalue weighted by Gasteiger charge is 2.10. The molecule has 0 aliphatic carbocycles. The van der Waals surface area contributed by atoms with Crippen LogP contribution in [0.25, 0.3) is 11.1 Å². The van der Waals surface area contributed by atoms with Gasteiger partial charge in [-0.15, -0.1) is 0 Å². The second-order valence-corrected chi connectivity index (χ2v) is 5.37. The van der Waals surface area contributed by atoms with E-state index in [0.29, 0.717) is 12.1 Å². The molecular formula is C19H14FNO3. The van der Waals surface area contributed by atoms with Gasteiger partial charge in [-0.3, -0.25) is 4.79 Å². The second kappa shape index (κ2) is 6.50. The minimum atomic E-state index is -1.26. The highest BCUT2D eigenvalue weighted by atomic mass is 19.1. The molecule has 5 heteroatoms. The van der Waals surface area contributed by atoms with Gasteiger partial charge < -0.3 is 10.1 Å². The van der Waals surface area contributed by atoms with Gasteiger partial charge in [0, 0.05) is 12.1 Å². The van der Waals surface area contributed by atoms with E-state index in [2.05, 4.69) is 4.98 Å². The number of benzene rings is 2. The Kier molecular flexibility index (Phi) is 4.24. The Labute approximate surface area is 137 Å². The van der Waals surface area contributed by atoms with Crippen molar-refractivity contribution in [3.8, 4) is 11.1 Å². The number of aromatic amines is 1. The number of pyridine rings is 1. The predicted molar refractivity (Wildman–Crippen MR) is 88.7 cm³/mol. The zero-order valence-electron chi connectivity index (χ0n) is 12.6. The van der Waals surface area contributed by atoms with E-state index in [0.717, 1.165) is 16.7 Å². The number of carbonyl (C=O) groups is 1. The molecule has 0 saturated heterocycles. The molecule has 0 saturated carbocycles. The van der Waals surface area contributed by atoms with E-state index in [1.165, 1.54) is 18.2 Å². The largest absolute Gasteiger partial charge is 0.477 e. The third-order valence-electron chi connectivity index (χ3n) is 3.75. The van der Waals surface area contributed by atoms with Gasteiger partial charge in [0.15, 0.2) is 0 Å². The monoisotopic (exact) mass is 323 g/mol. The van der Waals surface area contributed by atoms with Gasteiger partial charge in [-0.2, -0.15) is 0 Å².